The Bertz CT molecular complexity index is 850. The van der Waals surface area contributed by atoms with Crippen LogP contribution < -0.4 is 4.74 Å². The Morgan fingerprint density at radius 3 is 2.67 bits per heavy atom. The van der Waals surface area contributed by atoms with Crippen molar-refractivity contribution in [1.82, 2.24) is 9.55 Å². The molecular weight excluding hydrogens is 290 g/mol. The Morgan fingerprint density at radius 1 is 1.24 bits per heavy atom. The fraction of sp³-hybridized carbons (Fsp3) is 0.0714. The third kappa shape index (κ3) is 2.38. The number of imidazole rings is 1. The minimum Gasteiger partial charge on any atom is -0.497 e. The van der Waals surface area contributed by atoms with E-state index >= 15 is 0 Å². The number of hydrogen-bond acceptors (Lipinski definition) is 3. The summed E-state index contributed by atoms with van der Waals surface area (Å²) in [6.07, 6.45) is 0. The third-order valence-corrected chi connectivity index (χ3v) is 3.30. The average Bonchev–Trinajstić information content (AvgIpc) is 2.85. The van der Waals surface area contributed by atoms with Crippen molar-refractivity contribution in [2.45, 2.75) is 0 Å². The van der Waals surface area contributed by atoms with Crippen molar-refractivity contribution in [2.75, 3.05) is 7.11 Å². The van der Waals surface area contributed by atoms with Gasteiger partial charge < -0.3 is 4.74 Å². The molecule has 1 heterocycles. The first-order chi connectivity index (χ1) is 10.2. The van der Waals surface area contributed by atoms with Crippen molar-refractivity contribution >= 4 is 28.6 Å². The van der Waals surface area contributed by atoms with Crippen LogP contribution in [0.15, 0.2) is 47.6 Å². The molecule has 0 bridgehead atoms. The van der Waals surface area contributed by atoms with Crippen molar-refractivity contribution < 1.29 is 4.74 Å². The van der Waals surface area contributed by atoms with E-state index in [9.17, 15) is 0 Å². The SMILES string of the molecule is COc1ccc(-n2c(N=[N+]=[N-])nc3ccc(Cl)cc32)cc1. The van der Waals surface area contributed by atoms with E-state index in [0.29, 0.717) is 10.5 Å². The van der Waals surface area contributed by atoms with Gasteiger partial charge in [-0.25, -0.2) is 4.98 Å². The lowest BCUT2D eigenvalue weighted by molar-refractivity contribution is 0.415. The van der Waals surface area contributed by atoms with Gasteiger partial charge in [0.25, 0.3) is 0 Å². The van der Waals surface area contributed by atoms with Gasteiger partial charge in [0.05, 0.1) is 18.1 Å². The van der Waals surface area contributed by atoms with Crippen LogP contribution in [-0.4, -0.2) is 16.7 Å². The maximum Gasteiger partial charge on any atom is 0.202 e. The zero-order valence-corrected chi connectivity index (χ0v) is 11.8. The van der Waals surface area contributed by atoms with Crippen molar-refractivity contribution in [3.63, 3.8) is 0 Å². The molecule has 0 atom stereocenters. The number of rotatable bonds is 3. The highest BCUT2D eigenvalue weighted by atomic mass is 35.5. The highest BCUT2D eigenvalue weighted by Crippen LogP contribution is 2.29. The number of aromatic nitrogens is 2. The molecule has 104 valence electrons. The summed E-state index contributed by atoms with van der Waals surface area (Å²) in [7, 11) is 1.60. The molecule has 0 radical (unpaired) electrons. The molecule has 0 N–H and O–H groups in total. The fourth-order valence-corrected chi connectivity index (χ4v) is 2.29. The molecular formula is C14H10ClN5O. The van der Waals surface area contributed by atoms with E-state index in [0.717, 1.165) is 17.0 Å². The third-order valence-electron chi connectivity index (χ3n) is 3.06. The molecule has 0 saturated carbocycles. The van der Waals surface area contributed by atoms with Crippen LogP contribution in [0.2, 0.25) is 5.02 Å². The Balaban J connectivity index is 2.29. The van der Waals surface area contributed by atoms with Crippen LogP contribution in [0.1, 0.15) is 0 Å². The molecule has 3 aromatic rings. The van der Waals surface area contributed by atoms with Crippen molar-refractivity contribution in [2.24, 2.45) is 5.11 Å². The van der Waals surface area contributed by atoms with Gasteiger partial charge in [-0.1, -0.05) is 11.6 Å². The van der Waals surface area contributed by atoms with E-state index in [2.05, 4.69) is 15.0 Å². The molecule has 7 heteroatoms. The largest absolute Gasteiger partial charge is 0.497 e. The quantitative estimate of drug-likeness (QED) is 0.401. The summed E-state index contributed by atoms with van der Waals surface area (Å²) in [5, 5.41) is 4.24. The molecule has 0 saturated heterocycles. The number of methoxy groups -OCH3 is 1. The van der Waals surface area contributed by atoms with E-state index in [-0.39, 0.29) is 5.95 Å². The monoisotopic (exact) mass is 299 g/mol. The van der Waals surface area contributed by atoms with E-state index in [1.165, 1.54) is 0 Å². The van der Waals surface area contributed by atoms with E-state index in [4.69, 9.17) is 21.9 Å². The molecule has 0 aliphatic rings. The number of fused-ring (bicyclic) bond motifs is 1. The fourth-order valence-electron chi connectivity index (χ4n) is 2.13. The van der Waals surface area contributed by atoms with E-state index in [1.807, 2.05) is 24.3 Å². The second kappa shape index (κ2) is 5.36. The topological polar surface area (TPSA) is 75.8 Å². The molecule has 0 fully saturated rings. The van der Waals surface area contributed by atoms with Crippen LogP contribution >= 0.6 is 11.6 Å². The van der Waals surface area contributed by atoms with Crippen LogP contribution in [0, 0.1) is 0 Å². The van der Waals surface area contributed by atoms with Gasteiger partial charge in [0.2, 0.25) is 5.95 Å². The first-order valence-corrected chi connectivity index (χ1v) is 6.48. The summed E-state index contributed by atoms with van der Waals surface area (Å²) in [4.78, 5) is 7.14. The maximum atomic E-state index is 8.71. The number of nitrogens with zero attached hydrogens (tertiary/aromatic N) is 5. The summed E-state index contributed by atoms with van der Waals surface area (Å²) in [6, 6.07) is 12.7. The lowest BCUT2D eigenvalue weighted by atomic mass is 10.2. The number of benzene rings is 2. The zero-order chi connectivity index (χ0) is 14.8. The van der Waals surface area contributed by atoms with Gasteiger partial charge in [0.15, 0.2) is 0 Å². The maximum absolute atomic E-state index is 8.71. The van der Waals surface area contributed by atoms with Crippen molar-refractivity contribution in [3.05, 3.63) is 57.9 Å². The summed E-state index contributed by atoms with van der Waals surface area (Å²) < 4.78 is 6.89. The van der Waals surface area contributed by atoms with Gasteiger partial charge in [0, 0.05) is 15.6 Å². The summed E-state index contributed by atoms with van der Waals surface area (Å²) in [5.74, 6) is 1.01. The standard InChI is InChI=1S/C14H10ClN5O/c1-21-11-5-3-10(4-6-11)20-13-8-9(15)2-7-12(13)17-14(20)18-19-16/h2-8H,1H3. The predicted octanol–water partition coefficient (Wildman–Crippen LogP) is 4.63. The first-order valence-electron chi connectivity index (χ1n) is 6.10. The number of hydrogen-bond donors (Lipinski definition) is 0. The molecule has 2 aromatic carbocycles. The van der Waals surface area contributed by atoms with Crippen LogP contribution in [0.5, 0.6) is 5.75 Å². The lowest BCUT2D eigenvalue weighted by Crippen LogP contribution is -1.93. The van der Waals surface area contributed by atoms with E-state index < -0.39 is 0 Å². The van der Waals surface area contributed by atoms with Gasteiger partial charge in [-0.3, -0.25) is 4.57 Å². The molecule has 0 unspecified atom stereocenters. The van der Waals surface area contributed by atoms with Gasteiger partial charge in [-0.05, 0) is 53.1 Å². The van der Waals surface area contributed by atoms with Gasteiger partial charge in [-0.15, -0.1) is 0 Å². The van der Waals surface area contributed by atoms with Crippen molar-refractivity contribution in [3.8, 4) is 11.4 Å². The molecule has 0 aliphatic heterocycles. The smallest absolute Gasteiger partial charge is 0.202 e. The highest BCUT2D eigenvalue weighted by Gasteiger charge is 2.11. The lowest BCUT2D eigenvalue weighted by Gasteiger charge is -2.07. The average molecular weight is 300 g/mol. The Morgan fingerprint density at radius 2 is 2.00 bits per heavy atom. The van der Waals surface area contributed by atoms with Crippen LogP contribution in [-0.2, 0) is 0 Å². The molecule has 6 nitrogen and oxygen atoms in total. The molecule has 0 spiro atoms. The minimum absolute atomic E-state index is 0.264. The predicted molar refractivity (Wildman–Crippen MR) is 81.4 cm³/mol. The molecule has 3 rings (SSSR count). The summed E-state index contributed by atoms with van der Waals surface area (Å²) >= 11 is 6.05. The Kier molecular flexibility index (Phi) is 3.39. The minimum atomic E-state index is 0.264. The molecule has 0 aliphatic carbocycles. The summed E-state index contributed by atoms with van der Waals surface area (Å²) in [6.45, 7) is 0. The number of ether oxygens (including phenoxy) is 1. The number of azide groups is 1. The van der Waals surface area contributed by atoms with Crippen molar-refractivity contribution in [1.29, 1.82) is 0 Å². The second-order valence-corrected chi connectivity index (χ2v) is 4.70. The molecule has 21 heavy (non-hydrogen) atoms. The van der Waals surface area contributed by atoms with E-state index in [1.54, 1.807) is 29.9 Å². The van der Waals surface area contributed by atoms with Gasteiger partial charge in [0.1, 0.15) is 5.75 Å². The molecule has 1 aromatic heterocycles. The normalized spacial score (nSPS) is 10.4. The molecule has 0 amide bonds. The number of halogens is 1. The summed E-state index contributed by atoms with van der Waals surface area (Å²) in [5.41, 5.74) is 11.0. The van der Waals surface area contributed by atoms with Gasteiger partial charge >= 0.3 is 0 Å². The van der Waals surface area contributed by atoms with Crippen LogP contribution in [0.4, 0.5) is 5.95 Å². The van der Waals surface area contributed by atoms with Gasteiger partial charge in [-0.2, -0.15) is 0 Å². The first kappa shape index (κ1) is 13.3. The van der Waals surface area contributed by atoms with Crippen LogP contribution in [0.3, 0.4) is 0 Å². The Hall–Kier alpha value is -2.69. The zero-order valence-electron chi connectivity index (χ0n) is 11.1. The second-order valence-electron chi connectivity index (χ2n) is 4.27. The Labute approximate surface area is 125 Å². The highest BCUT2D eigenvalue weighted by molar-refractivity contribution is 6.31. The van der Waals surface area contributed by atoms with Crippen LogP contribution in [0.25, 0.3) is 27.2 Å².